The maximum Gasteiger partial charge on any atom is 0.387 e. The molecule has 0 aliphatic carbocycles. The van der Waals surface area contributed by atoms with Gasteiger partial charge >= 0.3 is 6.61 Å². The van der Waals surface area contributed by atoms with Crippen molar-refractivity contribution in [2.45, 2.75) is 18.4 Å². The van der Waals surface area contributed by atoms with E-state index in [-0.39, 0.29) is 27.0 Å². The van der Waals surface area contributed by atoms with E-state index in [0.29, 0.717) is 5.69 Å². The molecule has 7 nitrogen and oxygen atoms in total. The van der Waals surface area contributed by atoms with Gasteiger partial charge in [0, 0.05) is 17.4 Å². The zero-order valence-corrected chi connectivity index (χ0v) is 18.0. The maximum absolute atomic E-state index is 12.8. The highest BCUT2D eigenvalue weighted by atomic mass is 32.2. The Labute approximate surface area is 181 Å². The van der Waals surface area contributed by atoms with Gasteiger partial charge in [0.15, 0.2) is 11.5 Å². The lowest BCUT2D eigenvalue weighted by molar-refractivity contribution is -0.0511. The molecule has 0 bridgehead atoms. The quantitative estimate of drug-likeness (QED) is 0.499. The Hall–Kier alpha value is -3.18. The number of nitrogens with one attached hydrogen (secondary N) is 2. The van der Waals surface area contributed by atoms with Gasteiger partial charge in [-0.2, -0.15) is 8.78 Å². The molecule has 31 heavy (non-hydrogen) atoms. The van der Waals surface area contributed by atoms with Gasteiger partial charge in [-0.25, -0.2) is 8.42 Å². The summed E-state index contributed by atoms with van der Waals surface area (Å²) in [6.45, 7) is -1.21. The molecule has 11 heteroatoms. The molecule has 3 aromatic rings. The fourth-order valence-electron chi connectivity index (χ4n) is 2.64. The molecule has 0 fully saturated rings. The van der Waals surface area contributed by atoms with Crippen molar-refractivity contribution in [3.8, 4) is 11.5 Å². The predicted octanol–water partition coefficient (Wildman–Crippen LogP) is 4.72. The highest BCUT2D eigenvalue weighted by molar-refractivity contribution is 7.93. The standard InChI is InChI=1S/C20H18F2N2O5S2/c1-12-3-5-13(6-4-12)24-31(26,27)17-9-10-30-18(17)19(25)23-14-7-8-15(28-2)16(11-14)29-20(21)22/h3-11,20,24H,1-2H3,(H,23,25). The van der Waals surface area contributed by atoms with Crippen molar-refractivity contribution in [2.24, 2.45) is 0 Å². The number of rotatable bonds is 8. The summed E-state index contributed by atoms with van der Waals surface area (Å²) in [6.07, 6.45) is 0. The Bertz CT molecular complexity index is 1180. The Morgan fingerprint density at radius 3 is 2.35 bits per heavy atom. The van der Waals surface area contributed by atoms with Gasteiger partial charge in [-0.15, -0.1) is 11.3 Å². The number of hydrogen-bond donors (Lipinski definition) is 2. The van der Waals surface area contributed by atoms with Crippen LogP contribution in [0.4, 0.5) is 20.2 Å². The van der Waals surface area contributed by atoms with E-state index in [0.717, 1.165) is 23.0 Å². The minimum absolute atomic E-state index is 0.0555. The Morgan fingerprint density at radius 2 is 1.71 bits per heavy atom. The monoisotopic (exact) mass is 468 g/mol. The number of benzene rings is 2. The number of anilines is 2. The first kappa shape index (κ1) is 22.5. The molecule has 0 saturated heterocycles. The van der Waals surface area contributed by atoms with E-state index in [1.165, 1.54) is 30.7 Å². The van der Waals surface area contributed by atoms with Gasteiger partial charge in [-0.3, -0.25) is 9.52 Å². The maximum atomic E-state index is 12.8. The van der Waals surface area contributed by atoms with Crippen LogP contribution in [0.15, 0.2) is 58.8 Å². The molecule has 0 aliphatic rings. The van der Waals surface area contributed by atoms with Crippen molar-refractivity contribution in [1.82, 2.24) is 0 Å². The molecule has 0 spiro atoms. The predicted molar refractivity (Wildman–Crippen MR) is 114 cm³/mol. The van der Waals surface area contributed by atoms with Gasteiger partial charge in [0.05, 0.1) is 7.11 Å². The summed E-state index contributed by atoms with van der Waals surface area (Å²) in [7, 11) is -2.74. The van der Waals surface area contributed by atoms with E-state index >= 15 is 0 Å². The minimum atomic E-state index is -4.03. The first-order valence-electron chi connectivity index (χ1n) is 8.81. The molecule has 1 amide bonds. The van der Waals surface area contributed by atoms with Gasteiger partial charge in [0.1, 0.15) is 9.77 Å². The van der Waals surface area contributed by atoms with Crippen LogP contribution >= 0.6 is 11.3 Å². The van der Waals surface area contributed by atoms with E-state index < -0.39 is 22.5 Å². The zero-order chi connectivity index (χ0) is 22.6. The smallest absolute Gasteiger partial charge is 0.387 e. The summed E-state index contributed by atoms with van der Waals surface area (Å²) in [5.41, 5.74) is 1.45. The van der Waals surface area contributed by atoms with Crippen molar-refractivity contribution < 1.29 is 31.5 Å². The number of thiophene rings is 1. The molecule has 2 N–H and O–H groups in total. The van der Waals surface area contributed by atoms with Crippen molar-refractivity contribution in [2.75, 3.05) is 17.1 Å². The molecule has 0 unspecified atom stereocenters. The molecular weight excluding hydrogens is 450 g/mol. The highest BCUT2D eigenvalue weighted by Crippen LogP contribution is 2.32. The lowest BCUT2D eigenvalue weighted by Gasteiger charge is -2.13. The largest absolute Gasteiger partial charge is 0.493 e. The van der Waals surface area contributed by atoms with Gasteiger partial charge in [-0.05, 0) is 42.6 Å². The molecular formula is C20H18F2N2O5S2. The fraction of sp³-hybridized carbons (Fsp3) is 0.150. The van der Waals surface area contributed by atoms with E-state index in [1.54, 1.807) is 24.3 Å². The van der Waals surface area contributed by atoms with Crippen molar-refractivity contribution >= 4 is 38.6 Å². The molecule has 1 heterocycles. The lowest BCUT2D eigenvalue weighted by Crippen LogP contribution is -2.18. The number of ether oxygens (including phenoxy) is 2. The van der Waals surface area contributed by atoms with Gasteiger partial charge < -0.3 is 14.8 Å². The molecule has 0 atom stereocenters. The first-order valence-corrected chi connectivity index (χ1v) is 11.2. The van der Waals surface area contributed by atoms with Crippen LogP contribution in [-0.4, -0.2) is 28.0 Å². The number of methoxy groups -OCH3 is 1. The Kier molecular flexibility index (Phi) is 6.76. The summed E-state index contributed by atoms with van der Waals surface area (Å²) >= 11 is 0.932. The van der Waals surface area contributed by atoms with Crippen LogP contribution in [0.2, 0.25) is 0 Å². The highest BCUT2D eigenvalue weighted by Gasteiger charge is 2.25. The number of alkyl halides is 2. The second kappa shape index (κ2) is 9.31. The lowest BCUT2D eigenvalue weighted by atomic mass is 10.2. The normalized spacial score (nSPS) is 11.3. The molecule has 0 radical (unpaired) electrons. The topological polar surface area (TPSA) is 93.7 Å². The molecule has 3 rings (SSSR count). The SMILES string of the molecule is COc1ccc(NC(=O)c2sccc2S(=O)(=O)Nc2ccc(C)cc2)cc1OC(F)F. The van der Waals surface area contributed by atoms with Crippen LogP contribution in [0.1, 0.15) is 15.2 Å². The number of carbonyl (C=O) groups is 1. The average Bonchev–Trinajstić information content (AvgIpc) is 3.21. The van der Waals surface area contributed by atoms with Crippen molar-refractivity contribution in [1.29, 1.82) is 0 Å². The molecule has 164 valence electrons. The van der Waals surface area contributed by atoms with E-state index in [2.05, 4.69) is 14.8 Å². The fourth-order valence-corrected chi connectivity index (χ4v) is 5.02. The first-order chi connectivity index (χ1) is 14.7. The number of carbonyl (C=O) groups excluding carboxylic acids is 1. The van der Waals surface area contributed by atoms with E-state index in [4.69, 9.17) is 4.74 Å². The Balaban J connectivity index is 1.83. The van der Waals surface area contributed by atoms with Crippen LogP contribution in [0.5, 0.6) is 11.5 Å². The minimum Gasteiger partial charge on any atom is -0.493 e. The molecule has 0 aliphatic heterocycles. The molecule has 2 aromatic carbocycles. The number of hydrogen-bond acceptors (Lipinski definition) is 6. The summed E-state index contributed by atoms with van der Waals surface area (Å²) in [5.74, 6) is -0.928. The summed E-state index contributed by atoms with van der Waals surface area (Å²) in [6, 6.07) is 12.0. The van der Waals surface area contributed by atoms with E-state index in [9.17, 15) is 22.0 Å². The van der Waals surface area contributed by atoms with Crippen molar-refractivity contribution in [3.63, 3.8) is 0 Å². The molecule has 1 aromatic heterocycles. The van der Waals surface area contributed by atoms with Gasteiger partial charge in [-0.1, -0.05) is 17.7 Å². The summed E-state index contributed by atoms with van der Waals surface area (Å²) in [4.78, 5) is 12.5. The third-order valence-corrected chi connectivity index (χ3v) is 6.53. The second-order valence-electron chi connectivity index (χ2n) is 6.28. The van der Waals surface area contributed by atoms with Crippen LogP contribution in [0.25, 0.3) is 0 Å². The summed E-state index contributed by atoms with van der Waals surface area (Å²) < 4.78 is 62.5. The summed E-state index contributed by atoms with van der Waals surface area (Å²) in [5, 5.41) is 3.96. The van der Waals surface area contributed by atoms with Crippen LogP contribution in [0.3, 0.4) is 0 Å². The average molecular weight is 469 g/mol. The van der Waals surface area contributed by atoms with Crippen LogP contribution in [-0.2, 0) is 10.0 Å². The zero-order valence-electron chi connectivity index (χ0n) is 16.4. The Morgan fingerprint density at radius 1 is 1.03 bits per heavy atom. The van der Waals surface area contributed by atoms with E-state index in [1.807, 2.05) is 6.92 Å². The number of aryl methyl sites for hydroxylation is 1. The van der Waals surface area contributed by atoms with Crippen LogP contribution in [0, 0.1) is 6.92 Å². The van der Waals surface area contributed by atoms with Crippen molar-refractivity contribution in [3.05, 3.63) is 64.4 Å². The van der Waals surface area contributed by atoms with Gasteiger partial charge in [0.25, 0.3) is 15.9 Å². The van der Waals surface area contributed by atoms with Gasteiger partial charge in [0.2, 0.25) is 0 Å². The third-order valence-electron chi connectivity index (χ3n) is 4.07. The molecule has 0 saturated carbocycles. The second-order valence-corrected chi connectivity index (χ2v) is 8.85. The number of sulfonamides is 1. The number of amides is 1. The van der Waals surface area contributed by atoms with Crippen LogP contribution < -0.4 is 19.5 Å². The third kappa shape index (κ3) is 5.50. The number of halogens is 2.